The molecule has 4 atom stereocenters. The van der Waals surface area contributed by atoms with Gasteiger partial charge in [0, 0.05) is 58.3 Å². The lowest BCUT2D eigenvalue weighted by molar-refractivity contribution is -0.135. The van der Waals surface area contributed by atoms with Gasteiger partial charge < -0.3 is 20.3 Å². The summed E-state index contributed by atoms with van der Waals surface area (Å²) in [5, 5.41) is 0. The van der Waals surface area contributed by atoms with Gasteiger partial charge in [-0.1, -0.05) is 0 Å². The van der Waals surface area contributed by atoms with Crippen LogP contribution in [0.3, 0.4) is 0 Å². The van der Waals surface area contributed by atoms with Crippen molar-refractivity contribution in [2.45, 2.75) is 25.3 Å². The molecule has 4 aliphatic rings. The van der Waals surface area contributed by atoms with Gasteiger partial charge in [-0.25, -0.2) is 0 Å². The number of amides is 2. The Balaban J connectivity index is 0.00000131. The minimum absolute atomic E-state index is 0. The van der Waals surface area contributed by atoms with Crippen molar-refractivity contribution in [3.63, 3.8) is 0 Å². The van der Waals surface area contributed by atoms with Crippen LogP contribution in [0.15, 0.2) is 0 Å². The first-order chi connectivity index (χ1) is 12.1. The van der Waals surface area contributed by atoms with Crippen LogP contribution in [0.5, 0.6) is 0 Å². The predicted octanol–water partition coefficient (Wildman–Crippen LogP) is 0.206. The standard InChI is InChI=1S/C18H30N4O3.2ClH/c19-16-2-1-13-10-22(12-15(13)16)18(24)14-9-17(23)21(11-14)4-3-20-5-7-25-8-6-20;;/h13-16H,1-12,19H2;2*1H. The number of halogens is 2. The van der Waals surface area contributed by atoms with Crippen LogP contribution in [0, 0.1) is 17.8 Å². The van der Waals surface area contributed by atoms with Crippen molar-refractivity contribution in [3.8, 4) is 0 Å². The minimum Gasteiger partial charge on any atom is -0.379 e. The summed E-state index contributed by atoms with van der Waals surface area (Å²) < 4.78 is 5.36. The molecule has 156 valence electrons. The molecule has 1 aliphatic carbocycles. The molecule has 3 saturated heterocycles. The Morgan fingerprint density at radius 2 is 1.81 bits per heavy atom. The first-order valence-electron chi connectivity index (χ1n) is 9.74. The summed E-state index contributed by atoms with van der Waals surface area (Å²) in [6.07, 6.45) is 2.61. The van der Waals surface area contributed by atoms with Crippen molar-refractivity contribution in [3.05, 3.63) is 0 Å². The summed E-state index contributed by atoms with van der Waals surface area (Å²) in [6, 6.07) is 0.248. The minimum atomic E-state index is -0.160. The second kappa shape index (κ2) is 9.74. The molecule has 0 aromatic carbocycles. The molecule has 0 aromatic rings. The second-order valence-electron chi connectivity index (χ2n) is 8.10. The highest BCUT2D eigenvalue weighted by Gasteiger charge is 2.45. The van der Waals surface area contributed by atoms with E-state index in [0.717, 1.165) is 65.3 Å². The highest BCUT2D eigenvalue weighted by molar-refractivity contribution is 5.89. The van der Waals surface area contributed by atoms with Crippen LogP contribution in [-0.2, 0) is 14.3 Å². The van der Waals surface area contributed by atoms with Gasteiger partial charge in [-0.3, -0.25) is 14.5 Å². The fourth-order valence-electron chi connectivity index (χ4n) is 4.99. The van der Waals surface area contributed by atoms with E-state index < -0.39 is 0 Å². The lowest BCUT2D eigenvalue weighted by Crippen LogP contribution is -2.42. The molecule has 4 rings (SSSR count). The van der Waals surface area contributed by atoms with Crippen molar-refractivity contribution in [1.29, 1.82) is 0 Å². The van der Waals surface area contributed by atoms with Crippen LogP contribution >= 0.6 is 24.8 Å². The summed E-state index contributed by atoms with van der Waals surface area (Å²) in [5.41, 5.74) is 6.18. The van der Waals surface area contributed by atoms with Crippen LogP contribution in [0.4, 0.5) is 0 Å². The number of morpholine rings is 1. The molecule has 1 saturated carbocycles. The number of nitrogens with zero attached hydrogens (tertiary/aromatic N) is 3. The average Bonchev–Trinajstić information content (AvgIpc) is 3.30. The van der Waals surface area contributed by atoms with Crippen LogP contribution in [0.1, 0.15) is 19.3 Å². The number of carbonyl (C=O) groups is 2. The summed E-state index contributed by atoms with van der Waals surface area (Å²) >= 11 is 0. The molecule has 0 spiro atoms. The number of carbonyl (C=O) groups excluding carboxylic acids is 2. The largest absolute Gasteiger partial charge is 0.379 e. The molecule has 2 amide bonds. The molecule has 9 heteroatoms. The van der Waals surface area contributed by atoms with Crippen molar-refractivity contribution in [2.75, 3.05) is 59.0 Å². The van der Waals surface area contributed by atoms with E-state index in [9.17, 15) is 9.59 Å². The van der Waals surface area contributed by atoms with Gasteiger partial charge in [-0.2, -0.15) is 0 Å². The lowest BCUT2D eigenvalue weighted by atomic mass is 9.98. The van der Waals surface area contributed by atoms with E-state index in [1.54, 1.807) is 0 Å². The molecule has 0 aromatic heterocycles. The summed E-state index contributed by atoms with van der Waals surface area (Å²) in [7, 11) is 0. The SMILES string of the molecule is Cl.Cl.NC1CCC2CN(C(=O)C3CC(=O)N(CCN4CCOCC4)C3)CC12. The van der Waals surface area contributed by atoms with Crippen LogP contribution in [0.25, 0.3) is 0 Å². The van der Waals surface area contributed by atoms with Gasteiger partial charge in [0.2, 0.25) is 11.8 Å². The van der Waals surface area contributed by atoms with Gasteiger partial charge in [-0.05, 0) is 24.7 Å². The molecule has 2 N–H and O–H groups in total. The van der Waals surface area contributed by atoms with Crippen LogP contribution < -0.4 is 5.73 Å². The highest BCUT2D eigenvalue weighted by atomic mass is 35.5. The van der Waals surface area contributed by atoms with E-state index in [2.05, 4.69) is 4.90 Å². The van der Waals surface area contributed by atoms with Crippen LogP contribution in [0.2, 0.25) is 0 Å². The lowest BCUT2D eigenvalue weighted by Gasteiger charge is -2.28. The zero-order chi connectivity index (χ0) is 17.4. The topological polar surface area (TPSA) is 79.1 Å². The van der Waals surface area contributed by atoms with Gasteiger partial charge in [0.05, 0.1) is 19.1 Å². The Morgan fingerprint density at radius 1 is 1.07 bits per heavy atom. The number of hydrogen-bond acceptors (Lipinski definition) is 5. The number of ether oxygens (including phenoxy) is 1. The number of likely N-dealkylation sites (tertiary alicyclic amines) is 2. The number of rotatable bonds is 4. The Morgan fingerprint density at radius 3 is 2.52 bits per heavy atom. The Labute approximate surface area is 173 Å². The molecule has 3 aliphatic heterocycles. The normalized spacial score (nSPS) is 33.6. The maximum atomic E-state index is 12.9. The molecule has 27 heavy (non-hydrogen) atoms. The first-order valence-corrected chi connectivity index (χ1v) is 9.74. The van der Waals surface area contributed by atoms with Crippen LogP contribution in [-0.4, -0.2) is 91.6 Å². The summed E-state index contributed by atoms with van der Waals surface area (Å²) in [5.74, 6) is 1.19. The first kappa shape index (κ1) is 22.7. The van der Waals surface area contributed by atoms with E-state index >= 15 is 0 Å². The summed E-state index contributed by atoms with van der Waals surface area (Å²) in [6.45, 7) is 7.22. The van der Waals surface area contributed by atoms with E-state index in [0.29, 0.717) is 24.8 Å². The van der Waals surface area contributed by atoms with Gasteiger partial charge in [-0.15, -0.1) is 24.8 Å². The van der Waals surface area contributed by atoms with Crippen molar-refractivity contribution >= 4 is 36.6 Å². The fraction of sp³-hybridized carbons (Fsp3) is 0.889. The molecule has 0 bridgehead atoms. The molecule has 4 fully saturated rings. The van der Waals surface area contributed by atoms with Gasteiger partial charge >= 0.3 is 0 Å². The summed E-state index contributed by atoms with van der Waals surface area (Å²) in [4.78, 5) is 31.4. The molecule has 4 unspecified atom stereocenters. The maximum absolute atomic E-state index is 12.9. The second-order valence-corrected chi connectivity index (χ2v) is 8.10. The monoisotopic (exact) mass is 422 g/mol. The maximum Gasteiger partial charge on any atom is 0.228 e. The third-order valence-electron chi connectivity index (χ3n) is 6.58. The van der Waals surface area contributed by atoms with Gasteiger partial charge in [0.1, 0.15) is 0 Å². The Bertz CT molecular complexity index is 533. The van der Waals surface area contributed by atoms with E-state index in [-0.39, 0.29) is 48.6 Å². The van der Waals surface area contributed by atoms with Gasteiger partial charge in [0.25, 0.3) is 0 Å². The predicted molar refractivity (Wildman–Crippen MR) is 107 cm³/mol. The van der Waals surface area contributed by atoms with Gasteiger partial charge in [0.15, 0.2) is 0 Å². The van der Waals surface area contributed by atoms with E-state index in [1.165, 1.54) is 0 Å². The number of hydrogen-bond donors (Lipinski definition) is 1. The molecule has 0 radical (unpaired) electrons. The molecular formula is C18H32Cl2N4O3. The smallest absolute Gasteiger partial charge is 0.228 e. The van der Waals surface area contributed by atoms with Crippen molar-refractivity contribution in [1.82, 2.24) is 14.7 Å². The quantitative estimate of drug-likeness (QED) is 0.700. The fourth-order valence-corrected chi connectivity index (χ4v) is 4.99. The Hall–Kier alpha value is -0.600. The molecule has 7 nitrogen and oxygen atoms in total. The van der Waals surface area contributed by atoms with E-state index in [4.69, 9.17) is 10.5 Å². The molecular weight excluding hydrogens is 391 g/mol. The number of fused-ring (bicyclic) bond motifs is 1. The zero-order valence-corrected chi connectivity index (χ0v) is 17.4. The molecule has 3 heterocycles. The number of nitrogens with two attached hydrogens (primary N) is 1. The average molecular weight is 423 g/mol. The Kier molecular flexibility index (Phi) is 8.19. The highest BCUT2D eigenvalue weighted by Crippen LogP contribution is 2.38. The van der Waals surface area contributed by atoms with E-state index in [1.807, 2.05) is 9.80 Å². The van der Waals surface area contributed by atoms with Crippen molar-refractivity contribution in [2.24, 2.45) is 23.5 Å². The third-order valence-corrected chi connectivity index (χ3v) is 6.58. The third kappa shape index (κ3) is 4.88. The van der Waals surface area contributed by atoms with Crippen molar-refractivity contribution < 1.29 is 14.3 Å². The zero-order valence-electron chi connectivity index (χ0n) is 15.8.